The van der Waals surface area contributed by atoms with Gasteiger partial charge < -0.3 is 10.1 Å². The molecule has 0 bridgehead atoms. The van der Waals surface area contributed by atoms with Gasteiger partial charge in [0.25, 0.3) is 5.91 Å². The maximum absolute atomic E-state index is 12.6. The summed E-state index contributed by atoms with van der Waals surface area (Å²) in [5, 5.41) is 2.99. The highest BCUT2D eigenvalue weighted by Crippen LogP contribution is 2.24. The number of para-hydroxylation sites is 2. The van der Waals surface area contributed by atoms with Gasteiger partial charge in [-0.1, -0.05) is 23.7 Å². The fourth-order valence-electron chi connectivity index (χ4n) is 2.35. The maximum atomic E-state index is 12.6. The molecule has 0 aliphatic carbocycles. The third-order valence-corrected chi connectivity index (χ3v) is 5.69. The summed E-state index contributed by atoms with van der Waals surface area (Å²) in [6.45, 7) is 0. The van der Waals surface area contributed by atoms with Gasteiger partial charge in [0.05, 0.1) is 23.3 Å². The summed E-state index contributed by atoms with van der Waals surface area (Å²) < 4.78 is 30.3. The predicted octanol–water partition coefficient (Wildman–Crippen LogP) is 3.83. The van der Waals surface area contributed by atoms with E-state index in [0.29, 0.717) is 16.5 Å². The van der Waals surface area contributed by atoms with Crippen LogP contribution in [0.4, 0.5) is 5.69 Å². The molecule has 0 spiro atoms. The number of pyridine rings is 1. The van der Waals surface area contributed by atoms with Gasteiger partial charge in [-0.05, 0) is 48.5 Å². The molecule has 8 heteroatoms. The van der Waals surface area contributed by atoms with Crippen LogP contribution in [-0.4, -0.2) is 26.4 Å². The lowest BCUT2D eigenvalue weighted by Gasteiger charge is -2.10. The normalized spacial score (nSPS) is 11.0. The number of nitrogens with one attached hydrogen (secondary N) is 1. The van der Waals surface area contributed by atoms with Crippen LogP contribution in [0.3, 0.4) is 0 Å². The van der Waals surface area contributed by atoms with Crippen molar-refractivity contribution >= 4 is 33.0 Å². The number of sulfone groups is 1. The van der Waals surface area contributed by atoms with E-state index in [1.807, 2.05) is 0 Å². The van der Waals surface area contributed by atoms with Crippen molar-refractivity contribution in [3.63, 3.8) is 0 Å². The van der Waals surface area contributed by atoms with Crippen molar-refractivity contribution in [2.45, 2.75) is 9.92 Å². The molecule has 2 aromatic carbocycles. The number of hydrogen-bond acceptors (Lipinski definition) is 5. The van der Waals surface area contributed by atoms with Crippen molar-refractivity contribution < 1.29 is 17.9 Å². The van der Waals surface area contributed by atoms with Crippen LogP contribution >= 0.6 is 11.6 Å². The van der Waals surface area contributed by atoms with Crippen molar-refractivity contribution in [2.24, 2.45) is 0 Å². The smallest absolute Gasteiger partial charge is 0.257 e. The Balaban J connectivity index is 1.82. The largest absolute Gasteiger partial charge is 0.495 e. The number of hydrogen-bond donors (Lipinski definition) is 1. The Morgan fingerprint density at radius 3 is 2.37 bits per heavy atom. The molecule has 0 saturated heterocycles. The second-order valence-corrected chi connectivity index (χ2v) is 7.83. The van der Waals surface area contributed by atoms with E-state index in [4.69, 9.17) is 16.3 Å². The molecule has 1 N–H and O–H groups in total. The van der Waals surface area contributed by atoms with E-state index in [1.54, 1.807) is 24.3 Å². The van der Waals surface area contributed by atoms with Gasteiger partial charge in [-0.25, -0.2) is 13.4 Å². The number of ether oxygens (including phenoxy) is 1. The molecule has 0 aliphatic heterocycles. The molecule has 1 aromatic heterocycles. The fraction of sp³-hybridized carbons (Fsp3) is 0.0526. The molecule has 138 valence electrons. The zero-order valence-corrected chi connectivity index (χ0v) is 15.8. The van der Waals surface area contributed by atoms with Gasteiger partial charge in [0.2, 0.25) is 9.84 Å². The van der Waals surface area contributed by atoms with Crippen molar-refractivity contribution in [3.8, 4) is 5.75 Å². The SMILES string of the molecule is COc1ccccc1NC(=O)c1ccc(S(=O)(=O)c2ccc(Cl)cc2)nc1. The van der Waals surface area contributed by atoms with Crippen LogP contribution in [0, 0.1) is 0 Å². The van der Waals surface area contributed by atoms with Gasteiger partial charge in [-0.15, -0.1) is 0 Å². The number of carbonyl (C=O) groups is 1. The summed E-state index contributed by atoms with van der Waals surface area (Å²) in [7, 11) is -2.29. The highest BCUT2D eigenvalue weighted by molar-refractivity contribution is 7.91. The lowest BCUT2D eigenvalue weighted by molar-refractivity contribution is 0.102. The van der Waals surface area contributed by atoms with Gasteiger partial charge in [0.15, 0.2) is 5.03 Å². The first kappa shape index (κ1) is 18.9. The summed E-state index contributed by atoms with van der Waals surface area (Å²) >= 11 is 5.79. The minimum absolute atomic E-state index is 0.0747. The Labute approximate surface area is 161 Å². The van der Waals surface area contributed by atoms with Gasteiger partial charge in [-0.2, -0.15) is 0 Å². The highest BCUT2D eigenvalue weighted by Gasteiger charge is 2.20. The first-order valence-corrected chi connectivity index (χ1v) is 9.69. The molecular formula is C19H15ClN2O4S. The number of aromatic nitrogens is 1. The molecular weight excluding hydrogens is 388 g/mol. The molecule has 0 radical (unpaired) electrons. The standard InChI is InChI=1S/C19H15ClN2O4S/c1-26-17-5-3-2-4-16(17)22-19(23)13-6-11-18(21-12-13)27(24,25)15-9-7-14(20)8-10-15/h2-12H,1H3,(H,22,23). The second-order valence-electron chi connectivity index (χ2n) is 5.50. The molecule has 27 heavy (non-hydrogen) atoms. The first-order chi connectivity index (χ1) is 12.9. The molecule has 0 fully saturated rings. The summed E-state index contributed by atoms with van der Waals surface area (Å²) in [4.78, 5) is 16.4. The van der Waals surface area contributed by atoms with Crippen LogP contribution < -0.4 is 10.1 Å². The maximum Gasteiger partial charge on any atom is 0.257 e. The number of amides is 1. The number of rotatable bonds is 5. The lowest BCUT2D eigenvalue weighted by atomic mass is 10.2. The molecule has 1 amide bonds. The summed E-state index contributed by atoms with van der Waals surface area (Å²) in [6, 6.07) is 15.4. The Morgan fingerprint density at radius 1 is 1.04 bits per heavy atom. The minimum Gasteiger partial charge on any atom is -0.495 e. The Hall–Kier alpha value is -2.90. The number of nitrogens with zero attached hydrogens (tertiary/aromatic N) is 1. The van der Waals surface area contributed by atoms with Gasteiger partial charge in [0.1, 0.15) is 5.75 Å². The number of carbonyl (C=O) groups excluding carboxylic acids is 1. The van der Waals surface area contributed by atoms with Crippen LogP contribution in [0.25, 0.3) is 0 Å². The van der Waals surface area contributed by atoms with E-state index < -0.39 is 15.7 Å². The van der Waals surface area contributed by atoms with Crippen molar-refractivity contribution in [1.82, 2.24) is 4.98 Å². The Kier molecular flexibility index (Phi) is 5.43. The zero-order valence-electron chi connectivity index (χ0n) is 14.2. The molecule has 1 heterocycles. The highest BCUT2D eigenvalue weighted by atomic mass is 35.5. The van der Waals surface area contributed by atoms with E-state index >= 15 is 0 Å². The van der Waals surface area contributed by atoms with Crippen molar-refractivity contribution in [3.05, 3.63) is 77.4 Å². The second kappa shape index (κ2) is 7.77. The van der Waals surface area contributed by atoms with Crippen LogP contribution in [0.5, 0.6) is 5.75 Å². The van der Waals surface area contributed by atoms with Crippen molar-refractivity contribution in [2.75, 3.05) is 12.4 Å². The molecule has 0 saturated carbocycles. The first-order valence-electron chi connectivity index (χ1n) is 7.83. The van der Waals surface area contributed by atoms with Crippen LogP contribution in [-0.2, 0) is 9.84 Å². The zero-order chi connectivity index (χ0) is 19.4. The average Bonchev–Trinajstić information content (AvgIpc) is 2.69. The quantitative estimate of drug-likeness (QED) is 0.701. The third-order valence-electron chi connectivity index (χ3n) is 3.75. The van der Waals surface area contributed by atoms with Crippen LogP contribution in [0.15, 0.2) is 76.8 Å². The minimum atomic E-state index is -3.79. The van der Waals surface area contributed by atoms with E-state index in [-0.39, 0.29) is 15.5 Å². The van der Waals surface area contributed by atoms with E-state index in [1.165, 1.54) is 49.7 Å². The number of halogens is 1. The monoisotopic (exact) mass is 402 g/mol. The summed E-state index contributed by atoms with van der Waals surface area (Å²) in [5.41, 5.74) is 0.721. The molecule has 3 aromatic rings. The van der Waals surface area contributed by atoms with Crippen molar-refractivity contribution in [1.29, 1.82) is 0 Å². The number of benzene rings is 2. The van der Waals surface area contributed by atoms with E-state index in [0.717, 1.165) is 0 Å². The predicted molar refractivity (Wildman–Crippen MR) is 102 cm³/mol. The number of methoxy groups -OCH3 is 1. The van der Waals surface area contributed by atoms with Crippen LogP contribution in [0.1, 0.15) is 10.4 Å². The third kappa shape index (κ3) is 4.10. The van der Waals surface area contributed by atoms with Gasteiger partial charge >= 0.3 is 0 Å². The summed E-state index contributed by atoms with van der Waals surface area (Å²) in [6.07, 6.45) is 1.22. The Bertz CT molecular complexity index is 1070. The fourth-order valence-corrected chi connectivity index (χ4v) is 3.65. The average molecular weight is 403 g/mol. The van der Waals surface area contributed by atoms with Crippen LogP contribution in [0.2, 0.25) is 5.02 Å². The molecule has 0 unspecified atom stereocenters. The molecule has 3 rings (SSSR count). The summed E-state index contributed by atoms with van der Waals surface area (Å²) in [5.74, 6) is 0.0863. The van der Waals surface area contributed by atoms with Gasteiger partial charge in [0, 0.05) is 11.2 Å². The lowest BCUT2D eigenvalue weighted by Crippen LogP contribution is -2.13. The molecule has 0 aliphatic rings. The number of anilines is 1. The molecule has 6 nitrogen and oxygen atoms in total. The van der Waals surface area contributed by atoms with E-state index in [9.17, 15) is 13.2 Å². The van der Waals surface area contributed by atoms with Gasteiger partial charge in [-0.3, -0.25) is 4.79 Å². The Morgan fingerprint density at radius 2 is 1.74 bits per heavy atom. The van der Waals surface area contributed by atoms with E-state index in [2.05, 4.69) is 10.3 Å². The topological polar surface area (TPSA) is 85.4 Å². The molecule has 0 atom stereocenters.